The maximum absolute atomic E-state index is 9.54. The summed E-state index contributed by atoms with van der Waals surface area (Å²) in [6.45, 7) is 3.69. The molecule has 0 aliphatic carbocycles. The number of hydrogen-bond donors (Lipinski definition) is 3. The largest absolute Gasteiger partial charge is 0.508 e. The van der Waals surface area contributed by atoms with Crippen LogP contribution in [0.4, 0.5) is 0 Å². The van der Waals surface area contributed by atoms with Crippen molar-refractivity contribution in [3.63, 3.8) is 0 Å². The van der Waals surface area contributed by atoms with Crippen LogP contribution in [0.5, 0.6) is 17.2 Å². The van der Waals surface area contributed by atoms with Crippen molar-refractivity contribution in [1.82, 2.24) is 9.97 Å². The van der Waals surface area contributed by atoms with Crippen LogP contribution >= 0.6 is 0 Å². The summed E-state index contributed by atoms with van der Waals surface area (Å²) in [4.78, 5) is 8.37. The number of nitrogens with zero attached hydrogens (tertiary/aromatic N) is 5. The van der Waals surface area contributed by atoms with E-state index in [1.807, 2.05) is 50.2 Å². The summed E-state index contributed by atoms with van der Waals surface area (Å²) in [6.07, 6.45) is 0. The fourth-order valence-electron chi connectivity index (χ4n) is 4.19. The van der Waals surface area contributed by atoms with Crippen LogP contribution in [0, 0.1) is 47.8 Å². The normalized spacial score (nSPS) is 9.61. The molecule has 0 aliphatic heterocycles. The SMILES string of the molecule is Cc1ccc2c(C#N)ccc(O)c2n1.Cc1ccc2c(C#N)ccc(O)c2n1.N#Cc1ccc(-c2ccc(O)cc2)cc1.[Al]. The first kappa shape index (κ1) is 32.6. The van der Waals surface area contributed by atoms with E-state index >= 15 is 0 Å². The third-order valence-electron chi connectivity index (χ3n) is 6.41. The first-order valence-electron chi connectivity index (χ1n) is 13.0. The number of aryl methyl sites for hydroxylation is 2. The van der Waals surface area contributed by atoms with Crippen molar-refractivity contribution < 1.29 is 15.3 Å². The Bertz CT molecular complexity index is 1960. The Hall–Kier alpha value is -5.90. The van der Waals surface area contributed by atoms with Crippen LogP contribution in [-0.2, 0) is 0 Å². The van der Waals surface area contributed by atoms with Crippen molar-refractivity contribution in [1.29, 1.82) is 15.8 Å². The van der Waals surface area contributed by atoms with Crippen molar-refractivity contribution in [3.05, 3.63) is 125 Å². The van der Waals surface area contributed by atoms with Gasteiger partial charge in [-0.1, -0.05) is 24.3 Å². The standard InChI is InChI=1S/C13H9NO.2C11H8N2O.Al/c14-9-10-1-3-11(4-2-10)12-5-7-13(15)8-6-12;2*1-7-2-4-9-8(6-12)3-5-10(14)11(9)13-7;/h1-8,15H;2*2-5,14H,1H3;. The third kappa shape index (κ3) is 7.68. The topological polar surface area (TPSA) is 158 Å². The third-order valence-corrected chi connectivity index (χ3v) is 6.41. The van der Waals surface area contributed by atoms with Crippen molar-refractivity contribution in [3.8, 4) is 46.6 Å². The van der Waals surface area contributed by atoms with Gasteiger partial charge in [0.1, 0.15) is 28.3 Å². The average molecular weight is 591 g/mol. The van der Waals surface area contributed by atoms with Gasteiger partial charge in [0, 0.05) is 39.5 Å². The van der Waals surface area contributed by atoms with Gasteiger partial charge in [-0.2, -0.15) is 15.8 Å². The summed E-state index contributed by atoms with van der Waals surface area (Å²) in [6, 6.07) is 34.0. The van der Waals surface area contributed by atoms with Crippen LogP contribution in [0.25, 0.3) is 32.9 Å². The first-order chi connectivity index (χ1) is 20.7. The van der Waals surface area contributed by atoms with Crippen LogP contribution in [0.2, 0.25) is 0 Å². The zero-order valence-electron chi connectivity index (χ0n) is 23.9. The Balaban J connectivity index is 0.000000178. The summed E-state index contributed by atoms with van der Waals surface area (Å²) in [5, 5.41) is 55.9. The minimum absolute atomic E-state index is 0. The van der Waals surface area contributed by atoms with Gasteiger partial charge in [0.25, 0.3) is 0 Å². The van der Waals surface area contributed by atoms with Crippen molar-refractivity contribution in [2.24, 2.45) is 0 Å². The quantitative estimate of drug-likeness (QED) is 0.177. The summed E-state index contributed by atoms with van der Waals surface area (Å²) in [7, 11) is 0. The Morgan fingerprint density at radius 1 is 0.500 bits per heavy atom. The smallest absolute Gasteiger partial charge is 0.141 e. The lowest BCUT2D eigenvalue weighted by Gasteiger charge is -2.02. The molecular weight excluding hydrogens is 565 g/mol. The maximum Gasteiger partial charge on any atom is 0.141 e. The highest BCUT2D eigenvalue weighted by Gasteiger charge is 2.07. The van der Waals surface area contributed by atoms with Gasteiger partial charge in [-0.05, 0) is 97.8 Å². The number of phenolic OH excluding ortho intramolecular Hbond substituents is 3. The highest BCUT2D eigenvalue weighted by atomic mass is 27.0. The molecule has 2 heterocycles. The lowest BCUT2D eigenvalue weighted by atomic mass is 10.0. The van der Waals surface area contributed by atoms with Crippen molar-refractivity contribution in [2.45, 2.75) is 13.8 Å². The molecule has 211 valence electrons. The molecule has 4 aromatic carbocycles. The van der Waals surface area contributed by atoms with Gasteiger partial charge in [-0.3, -0.25) is 0 Å². The van der Waals surface area contributed by atoms with Crippen LogP contribution in [-0.4, -0.2) is 42.6 Å². The molecule has 0 fully saturated rings. The van der Waals surface area contributed by atoms with E-state index in [2.05, 4.69) is 28.2 Å². The van der Waals surface area contributed by atoms with Gasteiger partial charge in [0.05, 0.1) is 34.9 Å². The van der Waals surface area contributed by atoms with Gasteiger partial charge < -0.3 is 15.3 Å². The van der Waals surface area contributed by atoms with Crippen molar-refractivity contribution >= 4 is 39.2 Å². The fraction of sp³-hybridized carbons (Fsp3) is 0.0571. The van der Waals surface area contributed by atoms with Crippen LogP contribution in [0.3, 0.4) is 0 Å². The van der Waals surface area contributed by atoms with E-state index in [0.717, 1.165) is 22.5 Å². The summed E-state index contributed by atoms with van der Waals surface area (Å²) >= 11 is 0. The molecule has 0 atom stereocenters. The molecule has 0 aliphatic rings. The summed E-state index contributed by atoms with van der Waals surface area (Å²) in [5.74, 6) is 0.484. The van der Waals surface area contributed by atoms with E-state index in [9.17, 15) is 10.2 Å². The molecule has 0 saturated heterocycles. The van der Waals surface area contributed by atoms with Gasteiger partial charge in [0.2, 0.25) is 0 Å². The molecule has 44 heavy (non-hydrogen) atoms. The molecule has 0 unspecified atom stereocenters. The predicted molar refractivity (Wildman–Crippen MR) is 170 cm³/mol. The first-order valence-corrected chi connectivity index (χ1v) is 13.0. The Kier molecular flexibility index (Phi) is 11.0. The number of aromatic nitrogens is 2. The number of hydrogen-bond acceptors (Lipinski definition) is 8. The minimum Gasteiger partial charge on any atom is -0.508 e. The Labute approximate surface area is 265 Å². The summed E-state index contributed by atoms with van der Waals surface area (Å²) in [5.41, 5.74) is 6.40. The Morgan fingerprint density at radius 2 is 0.909 bits per heavy atom. The van der Waals surface area contributed by atoms with E-state index in [1.165, 1.54) is 12.1 Å². The van der Waals surface area contributed by atoms with Gasteiger partial charge in [0.15, 0.2) is 0 Å². The number of rotatable bonds is 1. The second kappa shape index (κ2) is 14.8. The lowest BCUT2D eigenvalue weighted by molar-refractivity contribution is 0.475. The molecule has 2 aromatic heterocycles. The zero-order valence-corrected chi connectivity index (χ0v) is 25.0. The van der Waals surface area contributed by atoms with E-state index in [-0.39, 0.29) is 34.6 Å². The molecule has 0 bridgehead atoms. The molecule has 3 radical (unpaired) electrons. The highest BCUT2D eigenvalue weighted by Crippen LogP contribution is 2.27. The van der Waals surface area contributed by atoms with Gasteiger partial charge in [-0.25, -0.2) is 9.97 Å². The number of nitriles is 3. The molecule has 0 spiro atoms. The minimum atomic E-state index is 0. The maximum atomic E-state index is 9.54. The monoisotopic (exact) mass is 590 g/mol. The van der Waals surface area contributed by atoms with E-state index in [1.54, 1.807) is 48.5 Å². The lowest BCUT2D eigenvalue weighted by Crippen LogP contribution is -1.86. The van der Waals surface area contributed by atoms with Gasteiger partial charge in [-0.15, -0.1) is 0 Å². The van der Waals surface area contributed by atoms with E-state index in [4.69, 9.17) is 20.9 Å². The number of fused-ring (bicyclic) bond motifs is 2. The molecule has 9 heteroatoms. The van der Waals surface area contributed by atoms with Crippen LogP contribution in [0.1, 0.15) is 28.1 Å². The fourth-order valence-corrected chi connectivity index (χ4v) is 4.19. The second-order valence-electron chi connectivity index (χ2n) is 9.42. The van der Waals surface area contributed by atoms with Gasteiger partial charge >= 0.3 is 0 Å². The summed E-state index contributed by atoms with van der Waals surface area (Å²) < 4.78 is 0. The highest BCUT2D eigenvalue weighted by molar-refractivity contribution is 5.90. The number of benzene rings is 4. The molecule has 0 saturated carbocycles. The molecule has 6 rings (SSSR count). The number of pyridine rings is 2. The zero-order chi connectivity index (χ0) is 30.9. The number of aromatic hydroxyl groups is 3. The predicted octanol–water partition coefficient (Wildman–Crippen LogP) is 6.79. The van der Waals surface area contributed by atoms with Crippen molar-refractivity contribution in [2.75, 3.05) is 0 Å². The second-order valence-corrected chi connectivity index (χ2v) is 9.42. The molecule has 3 N–H and O–H groups in total. The molecule has 0 amide bonds. The van der Waals surface area contributed by atoms with Crippen LogP contribution < -0.4 is 0 Å². The molecular formula is C35H25AlN5O3. The molecule has 6 aromatic rings. The Morgan fingerprint density at radius 3 is 1.30 bits per heavy atom. The number of phenols is 3. The van der Waals surface area contributed by atoms with Crippen LogP contribution in [0.15, 0.2) is 97.1 Å². The van der Waals surface area contributed by atoms with E-state index in [0.29, 0.717) is 38.5 Å². The average Bonchev–Trinajstić information content (AvgIpc) is 3.03. The van der Waals surface area contributed by atoms with E-state index < -0.39 is 0 Å². The molecule has 8 nitrogen and oxygen atoms in total.